The molecule has 0 spiro atoms. The molecular formula is C14H20N4O3S. The molecule has 1 aliphatic rings. The zero-order valence-electron chi connectivity index (χ0n) is 13.2. The van der Waals surface area contributed by atoms with Crippen molar-refractivity contribution in [3.8, 4) is 0 Å². The van der Waals surface area contributed by atoms with Gasteiger partial charge >= 0.3 is 0 Å². The Morgan fingerprint density at radius 1 is 1.36 bits per heavy atom. The third-order valence-corrected chi connectivity index (χ3v) is 6.07. The first-order chi connectivity index (χ1) is 10.2. The maximum absolute atomic E-state index is 13.0. The Balaban J connectivity index is 2.11. The second-order valence-corrected chi connectivity index (χ2v) is 8.06. The third kappa shape index (κ3) is 2.31. The maximum atomic E-state index is 13.0. The number of nitrogens with zero attached hydrogens (tertiary/aromatic N) is 4. The lowest BCUT2D eigenvalue weighted by Gasteiger charge is -2.40. The van der Waals surface area contributed by atoms with Crippen LogP contribution in [0.15, 0.2) is 17.2 Å². The smallest absolute Gasteiger partial charge is 0.245 e. The van der Waals surface area contributed by atoms with E-state index in [1.54, 1.807) is 17.8 Å². The van der Waals surface area contributed by atoms with Gasteiger partial charge in [0.1, 0.15) is 4.90 Å². The molecule has 7 nitrogen and oxygen atoms in total. The highest BCUT2D eigenvalue weighted by Crippen LogP contribution is 2.28. The molecule has 0 atom stereocenters. The molecule has 0 bridgehead atoms. The molecule has 2 aromatic heterocycles. The second kappa shape index (κ2) is 5.00. The summed E-state index contributed by atoms with van der Waals surface area (Å²) in [5.74, 6) is 0. The number of rotatable bonds is 2. The summed E-state index contributed by atoms with van der Waals surface area (Å²) in [5.41, 5.74) is 0.872. The van der Waals surface area contributed by atoms with Gasteiger partial charge in [0.15, 0.2) is 5.65 Å². The first kappa shape index (κ1) is 15.4. The summed E-state index contributed by atoms with van der Waals surface area (Å²) in [5, 5.41) is 5.04. The summed E-state index contributed by atoms with van der Waals surface area (Å²) < 4.78 is 34.5. The van der Waals surface area contributed by atoms with Crippen molar-refractivity contribution in [3.63, 3.8) is 0 Å². The topological polar surface area (TPSA) is 77.3 Å². The lowest BCUT2D eigenvalue weighted by Crippen LogP contribution is -2.55. The molecule has 2 aromatic rings. The highest BCUT2D eigenvalue weighted by molar-refractivity contribution is 7.89. The van der Waals surface area contributed by atoms with Gasteiger partial charge in [-0.05, 0) is 26.8 Å². The van der Waals surface area contributed by atoms with E-state index < -0.39 is 15.6 Å². The molecule has 0 saturated carbocycles. The van der Waals surface area contributed by atoms with Crippen LogP contribution in [-0.4, -0.2) is 52.8 Å². The molecule has 3 rings (SSSR count). The molecule has 22 heavy (non-hydrogen) atoms. The average molecular weight is 324 g/mol. The fourth-order valence-electron chi connectivity index (χ4n) is 2.85. The fraction of sp³-hybridized carbons (Fsp3) is 0.571. The monoisotopic (exact) mass is 324 g/mol. The van der Waals surface area contributed by atoms with Gasteiger partial charge in [0.2, 0.25) is 10.0 Å². The fourth-order valence-corrected chi connectivity index (χ4v) is 4.57. The van der Waals surface area contributed by atoms with Crippen LogP contribution in [0.25, 0.3) is 11.0 Å². The number of pyridine rings is 1. The van der Waals surface area contributed by atoms with Crippen LogP contribution in [-0.2, 0) is 21.8 Å². The summed E-state index contributed by atoms with van der Waals surface area (Å²) in [4.78, 5) is 4.47. The number of sulfonamides is 1. The Morgan fingerprint density at radius 3 is 2.77 bits per heavy atom. The standard InChI is InChI=1S/C14H20N4O3S/c1-10-12-7-11(8-15-13(12)17(4)16-10)22(19,20)18-5-6-21-9-14(18,2)3/h7-8H,5-6,9H2,1-4H3. The predicted molar refractivity (Wildman–Crippen MR) is 82.0 cm³/mol. The van der Waals surface area contributed by atoms with Crippen LogP contribution in [0.3, 0.4) is 0 Å². The second-order valence-electron chi connectivity index (χ2n) is 6.19. The van der Waals surface area contributed by atoms with Crippen LogP contribution < -0.4 is 0 Å². The van der Waals surface area contributed by atoms with E-state index in [0.717, 1.165) is 11.1 Å². The third-order valence-electron chi connectivity index (χ3n) is 4.00. The van der Waals surface area contributed by atoms with Gasteiger partial charge < -0.3 is 4.74 Å². The summed E-state index contributed by atoms with van der Waals surface area (Å²) in [6, 6.07) is 1.66. The van der Waals surface area contributed by atoms with Gasteiger partial charge in [-0.3, -0.25) is 4.68 Å². The van der Waals surface area contributed by atoms with E-state index in [1.165, 1.54) is 10.5 Å². The van der Waals surface area contributed by atoms with Gasteiger partial charge in [0, 0.05) is 25.2 Å². The van der Waals surface area contributed by atoms with Crippen molar-refractivity contribution < 1.29 is 13.2 Å². The summed E-state index contributed by atoms with van der Waals surface area (Å²) >= 11 is 0. The van der Waals surface area contributed by atoms with E-state index in [-0.39, 0.29) is 4.90 Å². The summed E-state index contributed by atoms with van der Waals surface area (Å²) in [7, 11) is -1.82. The minimum Gasteiger partial charge on any atom is -0.378 e. The van der Waals surface area contributed by atoms with Crippen molar-refractivity contribution >= 4 is 21.1 Å². The molecule has 120 valence electrons. The number of morpholine rings is 1. The van der Waals surface area contributed by atoms with E-state index in [0.29, 0.717) is 25.4 Å². The Hall–Kier alpha value is -1.51. The van der Waals surface area contributed by atoms with Crippen LogP contribution in [0.5, 0.6) is 0 Å². The van der Waals surface area contributed by atoms with E-state index >= 15 is 0 Å². The van der Waals surface area contributed by atoms with Crippen molar-refractivity contribution in [1.29, 1.82) is 0 Å². The van der Waals surface area contributed by atoms with Gasteiger partial charge in [-0.15, -0.1) is 0 Å². The molecule has 0 aromatic carbocycles. The minimum absolute atomic E-state index is 0.200. The molecule has 3 heterocycles. The largest absolute Gasteiger partial charge is 0.378 e. The zero-order chi connectivity index (χ0) is 16.1. The van der Waals surface area contributed by atoms with Gasteiger partial charge in [-0.1, -0.05) is 0 Å². The van der Waals surface area contributed by atoms with E-state index in [1.807, 2.05) is 20.8 Å². The summed E-state index contributed by atoms with van der Waals surface area (Å²) in [6.45, 7) is 6.71. The van der Waals surface area contributed by atoms with Gasteiger partial charge in [0.05, 0.1) is 24.4 Å². The highest BCUT2D eigenvalue weighted by Gasteiger charge is 2.40. The number of aryl methyl sites for hydroxylation is 2. The molecule has 0 radical (unpaired) electrons. The highest BCUT2D eigenvalue weighted by atomic mass is 32.2. The predicted octanol–water partition coefficient (Wildman–Crippen LogP) is 1.08. The molecular weight excluding hydrogens is 304 g/mol. The quantitative estimate of drug-likeness (QED) is 0.826. The Morgan fingerprint density at radius 2 is 2.09 bits per heavy atom. The molecule has 1 aliphatic heterocycles. The van der Waals surface area contributed by atoms with Crippen LogP contribution in [0.4, 0.5) is 0 Å². The summed E-state index contributed by atoms with van der Waals surface area (Å²) in [6.07, 6.45) is 1.41. The van der Waals surface area contributed by atoms with Gasteiger partial charge in [-0.2, -0.15) is 9.40 Å². The first-order valence-corrected chi connectivity index (χ1v) is 8.57. The molecule has 0 amide bonds. The van der Waals surface area contributed by atoms with Gasteiger partial charge in [0.25, 0.3) is 0 Å². The van der Waals surface area contributed by atoms with Crippen molar-refractivity contribution in [2.45, 2.75) is 31.2 Å². The number of aromatic nitrogens is 3. The number of hydrogen-bond acceptors (Lipinski definition) is 5. The Kier molecular flexibility index (Phi) is 3.50. The number of hydrogen-bond donors (Lipinski definition) is 0. The Bertz CT molecular complexity index is 826. The lowest BCUT2D eigenvalue weighted by molar-refractivity contribution is -0.00771. The van der Waals surface area contributed by atoms with E-state index in [4.69, 9.17) is 4.74 Å². The number of fused-ring (bicyclic) bond motifs is 1. The molecule has 8 heteroatoms. The molecule has 1 fully saturated rings. The van der Waals surface area contributed by atoms with E-state index in [2.05, 4.69) is 10.1 Å². The Labute approximate surface area is 129 Å². The van der Waals surface area contributed by atoms with Crippen LogP contribution in [0.2, 0.25) is 0 Å². The molecule has 1 saturated heterocycles. The van der Waals surface area contributed by atoms with Gasteiger partial charge in [-0.25, -0.2) is 13.4 Å². The van der Waals surface area contributed by atoms with Crippen molar-refractivity contribution in [3.05, 3.63) is 18.0 Å². The van der Waals surface area contributed by atoms with Crippen LogP contribution >= 0.6 is 0 Å². The number of ether oxygens (including phenoxy) is 1. The minimum atomic E-state index is -3.61. The zero-order valence-corrected chi connectivity index (χ0v) is 14.0. The SMILES string of the molecule is Cc1nn(C)c2ncc(S(=O)(=O)N3CCOCC3(C)C)cc12. The van der Waals surface area contributed by atoms with E-state index in [9.17, 15) is 8.42 Å². The average Bonchev–Trinajstić information content (AvgIpc) is 2.73. The first-order valence-electron chi connectivity index (χ1n) is 7.13. The van der Waals surface area contributed by atoms with Crippen molar-refractivity contribution in [1.82, 2.24) is 19.1 Å². The maximum Gasteiger partial charge on any atom is 0.245 e. The van der Waals surface area contributed by atoms with Crippen molar-refractivity contribution in [2.24, 2.45) is 7.05 Å². The van der Waals surface area contributed by atoms with Crippen molar-refractivity contribution in [2.75, 3.05) is 19.8 Å². The van der Waals surface area contributed by atoms with Crippen LogP contribution in [0.1, 0.15) is 19.5 Å². The lowest BCUT2D eigenvalue weighted by atomic mass is 10.1. The normalized spacial score (nSPS) is 19.6. The molecule has 0 unspecified atom stereocenters. The molecule has 0 aliphatic carbocycles. The molecule has 0 N–H and O–H groups in total. The van der Waals surface area contributed by atoms with Crippen LogP contribution in [0, 0.1) is 6.92 Å².